The predicted molar refractivity (Wildman–Crippen MR) is 148 cm³/mol. The number of hydrogen-bond donors (Lipinski definition) is 2. The standard InChI is InChI=1S/C29H37NO14/c1-5-39-24(32)18-9-7-8-10-19(25(33)40-6-2)27(35)43-23-22(42-26(18)34)21(20(15-31)41-28(23)38-4)44-29(36)30-16-11-13-17(37-3)14-12-16/h7-8,11-14,18-23,28,31H,5-6,9-10,15H2,1-4H3,(H,30,36)/b8-7-/t18-,19-,20-,21-,22+,23-,28+/m1/s1. The van der Waals surface area contributed by atoms with E-state index < -0.39 is 79.1 Å². The fraction of sp³-hybridized carbons (Fsp3) is 0.552. The van der Waals surface area contributed by atoms with Crippen molar-refractivity contribution in [3.63, 3.8) is 0 Å². The summed E-state index contributed by atoms with van der Waals surface area (Å²) in [6, 6.07) is 6.26. The number of rotatable bonds is 9. The molecule has 0 radical (unpaired) electrons. The Labute approximate surface area is 253 Å². The molecule has 2 aliphatic heterocycles. The number of anilines is 1. The second kappa shape index (κ2) is 16.6. The number of aliphatic hydroxyl groups excluding tert-OH is 1. The lowest BCUT2D eigenvalue weighted by Gasteiger charge is -2.44. The molecule has 1 fully saturated rings. The normalized spacial score (nSPS) is 28.0. The average molecular weight is 624 g/mol. The van der Waals surface area contributed by atoms with Crippen molar-refractivity contribution in [1.82, 2.24) is 0 Å². The number of carbonyl (C=O) groups is 5. The Morgan fingerprint density at radius 2 is 1.43 bits per heavy atom. The van der Waals surface area contributed by atoms with Gasteiger partial charge in [-0.25, -0.2) is 4.79 Å². The van der Waals surface area contributed by atoms with Gasteiger partial charge in [-0.2, -0.15) is 0 Å². The van der Waals surface area contributed by atoms with Gasteiger partial charge in [0.15, 0.2) is 36.4 Å². The number of allylic oxidation sites excluding steroid dienone is 2. The Morgan fingerprint density at radius 3 is 1.91 bits per heavy atom. The molecule has 3 rings (SSSR count). The largest absolute Gasteiger partial charge is 0.497 e. The third-order valence-electron chi connectivity index (χ3n) is 6.71. The van der Waals surface area contributed by atoms with Crippen molar-refractivity contribution in [2.45, 2.75) is 57.4 Å². The smallest absolute Gasteiger partial charge is 0.412 e. The van der Waals surface area contributed by atoms with Crippen LogP contribution in [0.15, 0.2) is 36.4 Å². The van der Waals surface area contributed by atoms with Gasteiger partial charge in [-0.15, -0.1) is 0 Å². The Kier molecular flexibility index (Phi) is 12.9. The van der Waals surface area contributed by atoms with Gasteiger partial charge in [0, 0.05) is 12.8 Å². The van der Waals surface area contributed by atoms with Gasteiger partial charge in [0.05, 0.1) is 26.9 Å². The molecule has 0 spiro atoms. The monoisotopic (exact) mass is 623 g/mol. The van der Waals surface area contributed by atoms with E-state index in [0.717, 1.165) is 0 Å². The number of amides is 1. The third kappa shape index (κ3) is 8.67. The summed E-state index contributed by atoms with van der Waals surface area (Å²) >= 11 is 0. The van der Waals surface area contributed by atoms with E-state index in [9.17, 15) is 29.1 Å². The summed E-state index contributed by atoms with van der Waals surface area (Å²) in [5.41, 5.74) is 0.313. The van der Waals surface area contributed by atoms with Gasteiger partial charge in [-0.05, 0) is 51.0 Å². The lowest BCUT2D eigenvalue weighted by Crippen LogP contribution is -2.63. The van der Waals surface area contributed by atoms with Crippen LogP contribution in [0.3, 0.4) is 0 Å². The molecule has 1 aromatic carbocycles. The van der Waals surface area contributed by atoms with Crippen molar-refractivity contribution in [2.75, 3.05) is 39.4 Å². The molecule has 0 saturated carbocycles. The molecule has 44 heavy (non-hydrogen) atoms. The Bertz CT molecular complexity index is 1190. The zero-order chi connectivity index (χ0) is 32.2. The number of fused-ring (bicyclic) bond motifs is 1. The van der Waals surface area contributed by atoms with Gasteiger partial charge >= 0.3 is 30.0 Å². The van der Waals surface area contributed by atoms with Crippen LogP contribution in [-0.2, 0) is 52.3 Å². The van der Waals surface area contributed by atoms with E-state index in [1.54, 1.807) is 26.0 Å². The summed E-state index contributed by atoms with van der Waals surface area (Å²) in [6.45, 7) is 2.35. The molecule has 0 aromatic heterocycles. The summed E-state index contributed by atoms with van der Waals surface area (Å²) in [5.74, 6) is -6.27. The maximum atomic E-state index is 13.4. The fourth-order valence-corrected chi connectivity index (χ4v) is 4.52. The van der Waals surface area contributed by atoms with Crippen LogP contribution >= 0.6 is 0 Å². The number of hydrogen-bond acceptors (Lipinski definition) is 14. The minimum Gasteiger partial charge on any atom is -0.497 e. The van der Waals surface area contributed by atoms with E-state index in [1.165, 1.54) is 38.5 Å². The van der Waals surface area contributed by atoms with E-state index in [1.807, 2.05) is 0 Å². The van der Waals surface area contributed by atoms with Crippen LogP contribution in [0.5, 0.6) is 5.75 Å². The molecule has 2 aliphatic rings. The van der Waals surface area contributed by atoms with Gasteiger partial charge in [0.25, 0.3) is 0 Å². The molecule has 15 heteroatoms. The van der Waals surface area contributed by atoms with Crippen molar-refractivity contribution < 1.29 is 67.0 Å². The SMILES string of the molecule is CCOC(=O)[C@H]1C/C=C\C[C@H](C(=O)OCC)C(=O)O[C@H]2[C@@H](OC)O[C@H](CO)[C@@H](OC(=O)Nc3ccc(OC)cc3)[C@@H]2OC1=O. The predicted octanol–water partition coefficient (Wildman–Crippen LogP) is 1.51. The summed E-state index contributed by atoms with van der Waals surface area (Å²) in [7, 11) is 2.68. The maximum absolute atomic E-state index is 13.4. The number of ether oxygens (including phenoxy) is 8. The van der Waals surface area contributed by atoms with Gasteiger partial charge < -0.3 is 43.0 Å². The molecule has 15 nitrogen and oxygen atoms in total. The molecule has 0 aliphatic carbocycles. The highest BCUT2D eigenvalue weighted by Gasteiger charge is 2.54. The number of aliphatic hydroxyl groups is 1. The van der Waals surface area contributed by atoms with Crippen molar-refractivity contribution >= 4 is 35.7 Å². The highest BCUT2D eigenvalue weighted by Crippen LogP contribution is 2.32. The van der Waals surface area contributed by atoms with Crippen LogP contribution in [-0.4, -0.2) is 99.8 Å². The first-order valence-electron chi connectivity index (χ1n) is 14.0. The minimum atomic E-state index is -1.67. The van der Waals surface area contributed by atoms with Crippen LogP contribution in [0.25, 0.3) is 0 Å². The van der Waals surface area contributed by atoms with Crippen molar-refractivity contribution in [3.05, 3.63) is 36.4 Å². The number of esters is 4. The van der Waals surface area contributed by atoms with Crippen molar-refractivity contribution in [3.8, 4) is 5.75 Å². The molecule has 242 valence electrons. The second-order valence-electron chi connectivity index (χ2n) is 9.54. The number of carbonyl (C=O) groups excluding carboxylic acids is 5. The van der Waals surface area contributed by atoms with E-state index in [4.69, 9.17) is 37.9 Å². The van der Waals surface area contributed by atoms with E-state index >= 15 is 0 Å². The van der Waals surface area contributed by atoms with Crippen LogP contribution in [0.1, 0.15) is 26.7 Å². The summed E-state index contributed by atoms with van der Waals surface area (Å²) in [4.78, 5) is 65.1. The first-order valence-corrected chi connectivity index (χ1v) is 14.0. The molecule has 0 bridgehead atoms. The van der Waals surface area contributed by atoms with Crippen LogP contribution in [0.4, 0.5) is 10.5 Å². The number of benzene rings is 1. The quantitative estimate of drug-likeness (QED) is 0.174. The lowest BCUT2D eigenvalue weighted by atomic mass is 9.96. The Balaban J connectivity index is 2.02. The summed E-state index contributed by atoms with van der Waals surface area (Å²) in [6.07, 6.45) is -6.25. The zero-order valence-electron chi connectivity index (χ0n) is 24.8. The summed E-state index contributed by atoms with van der Waals surface area (Å²) in [5, 5.41) is 12.6. The van der Waals surface area contributed by atoms with Crippen molar-refractivity contribution in [1.29, 1.82) is 0 Å². The number of methoxy groups -OCH3 is 2. The molecule has 2 heterocycles. The van der Waals surface area contributed by atoms with E-state index in [2.05, 4.69) is 5.32 Å². The maximum Gasteiger partial charge on any atom is 0.412 e. The molecular formula is C29H37NO14. The van der Waals surface area contributed by atoms with Gasteiger partial charge in [0.2, 0.25) is 0 Å². The van der Waals surface area contributed by atoms with E-state index in [-0.39, 0.29) is 26.1 Å². The molecule has 7 atom stereocenters. The van der Waals surface area contributed by atoms with E-state index in [0.29, 0.717) is 11.4 Å². The fourth-order valence-electron chi connectivity index (χ4n) is 4.52. The lowest BCUT2D eigenvalue weighted by molar-refractivity contribution is -0.300. The first-order chi connectivity index (χ1) is 21.2. The highest BCUT2D eigenvalue weighted by molar-refractivity contribution is 5.96. The second-order valence-corrected chi connectivity index (χ2v) is 9.54. The Morgan fingerprint density at radius 1 is 0.886 bits per heavy atom. The molecule has 1 amide bonds. The zero-order valence-corrected chi connectivity index (χ0v) is 24.8. The molecule has 0 unspecified atom stereocenters. The van der Waals surface area contributed by atoms with Crippen LogP contribution < -0.4 is 10.1 Å². The molecular weight excluding hydrogens is 586 g/mol. The average Bonchev–Trinajstić information content (AvgIpc) is 3.00. The molecule has 2 N–H and O–H groups in total. The minimum absolute atomic E-state index is 0.0118. The van der Waals surface area contributed by atoms with Gasteiger partial charge in [0.1, 0.15) is 11.9 Å². The summed E-state index contributed by atoms with van der Waals surface area (Å²) < 4.78 is 43.2. The van der Waals surface area contributed by atoms with Gasteiger partial charge in [-0.1, -0.05) is 12.2 Å². The van der Waals surface area contributed by atoms with Crippen LogP contribution in [0.2, 0.25) is 0 Å². The topological polar surface area (TPSA) is 191 Å². The molecule has 1 saturated heterocycles. The van der Waals surface area contributed by atoms with Crippen molar-refractivity contribution in [2.24, 2.45) is 11.8 Å². The van der Waals surface area contributed by atoms with Crippen LogP contribution in [0, 0.1) is 11.8 Å². The van der Waals surface area contributed by atoms with Gasteiger partial charge in [-0.3, -0.25) is 24.5 Å². The first kappa shape index (κ1) is 34.3. The third-order valence-corrected chi connectivity index (χ3v) is 6.71. The number of nitrogens with one attached hydrogen (secondary N) is 1. The highest BCUT2D eigenvalue weighted by atomic mass is 16.7. The molecule has 1 aromatic rings. The Hall–Kier alpha value is -4.21.